The van der Waals surface area contributed by atoms with Crippen LogP contribution >= 0.6 is 11.6 Å². The van der Waals surface area contributed by atoms with Crippen molar-refractivity contribution in [3.05, 3.63) is 29.6 Å². The van der Waals surface area contributed by atoms with E-state index >= 15 is 0 Å². The molecule has 0 aliphatic carbocycles. The van der Waals surface area contributed by atoms with E-state index in [1.807, 2.05) is 19.9 Å². The number of halogens is 1. The number of nitrogens with zero attached hydrogens (tertiary/aromatic N) is 1. The van der Waals surface area contributed by atoms with Gasteiger partial charge in [-0.2, -0.15) is 0 Å². The van der Waals surface area contributed by atoms with E-state index in [1.54, 1.807) is 12.4 Å². The molecule has 0 bridgehead atoms. The number of hydrogen-bond donors (Lipinski definition) is 1. The Morgan fingerprint density at radius 3 is 2.93 bits per heavy atom. The number of pyridine rings is 1. The van der Waals surface area contributed by atoms with Crippen LogP contribution in [0.1, 0.15) is 29.3 Å². The lowest BCUT2D eigenvalue weighted by Gasteiger charge is -2.12. The maximum Gasteiger partial charge on any atom is 0.253 e. The van der Waals surface area contributed by atoms with E-state index in [4.69, 9.17) is 11.6 Å². The van der Waals surface area contributed by atoms with E-state index in [-0.39, 0.29) is 11.9 Å². The highest BCUT2D eigenvalue weighted by atomic mass is 35.5. The molecular formula is C11H15ClN2O. The lowest BCUT2D eigenvalue weighted by atomic mass is 10.2. The predicted octanol–water partition coefficient (Wildman–Crippen LogP) is 2.14. The Morgan fingerprint density at radius 1 is 1.60 bits per heavy atom. The zero-order chi connectivity index (χ0) is 11.3. The first-order valence-corrected chi connectivity index (χ1v) is 5.45. The molecule has 0 aromatic carbocycles. The summed E-state index contributed by atoms with van der Waals surface area (Å²) in [6, 6.07) is 1.91. The topological polar surface area (TPSA) is 42.0 Å². The van der Waals surface area contributed by atoms with Crippen molar-refractivity contribution < 1.29 is 4.79 Å². The highest BCUT2D eigenvalue weighted by molar-refractivity contribution is 6.17. The molecule has 82 valence electrons. The molecule has 1 aromatic rings. The smallest absolute Gasteiger partial charge is 0.253 e. The number of aryl methyl sites for hydroxylation is 1. The summed E-state index contributed by atoms with van der Waals surface area (Å²) in [6.45, 7) is 3.84. The van der Waals surface area contributed by atoms with Crippen molar-refractivity contribution in [3.63, 3.8) is 0 Å². The minimum absolute atomic E-state index is 0.0931. The van der Waals surface area contributed by atoms with Gasteiger partial charge in [0.2, 0.25) is 0 Å². The maximum atomic E-state index is 11.7. The fourth-order valence-corrected chi connectivity index (χ4v) is 1.55. The normalized spacial score (nSPS) is 12.2. The van der Waals surface area contributed by atoms with Gasteiger partial charge >= 0.3 is 0 Å². The molecule has 0 radical (unpaired) electrons. The number of alkyl halides is 1. The molecule has 4 heteroatoms. The number of aromatic nitrogens is 1. The summed E-state index contributed by atoms with van der Waals surface area (Å²) < 4.78 is 0. The molecule has 0 spiro atoms. The van der Waals surface area contributed by atoms with Crippen LogP contribution in [0.5, 0.6) is 0 Å². The molecule has 0 aliphatic rings. The van der Waals surface area contributed by atoms with Crippen LogP contribution in [0.2, 0.25) is 0 Å². The van der Waals surface area contributed by atoms with Gasteiger partial charge in [-0.25, -0.2) is 0 Å². The predicted molar refractivity (Wildman–Crippen MR) is 61.2 cm³/mol. The maximum absolute atomic E-state index is 11.7. The number of amides is 1. The minimum Gasteiger partial charge on any atom is -0.349 e. The molecule has 0 saturated heterocycles. The van der Waals surface area contributed by atoms with E-state index < -0.39 is 0 Å². The zero-order valence-electron chi connectivity index (χ0n) is 8.96. The van der Waals surface area contributed by atoms with Gasteiger partial charge in [-0.15, -0.1) is 11.6 Å². The summed E-state index contributed by atoms with van der Waals surface area (Å²) in [5, 5.41) is 2.86. The second kappa shape index (κ2) is 5.71. The average molecular weight is 227 g/mol. The van der Waals surface area contributed by atoms with Gasteiger partial charge in [0.15, 0.2) is 0 Å². The molecule has 15 heavy (non-hydrogen) atoms. The highest BCUT2D eigenvalue weighted by Crippen LogP contribution is 2.02. The van der Waals surface area contributed by atoms with Crippen LogP contribution in [-0.4, -0.2) is 22.8 Å². The number of hydrogen-bond acceptors (Lipinski definition) is 2. The summed E-state index contributed by atoms with van der Waals surface area (Å²) >= 11 is 5.59. The van der Waals surface area contributed by atoms with Crippen molar-refractivity contribution in [3.8, 4) is 0 Å². The Balaban J connectivity index is 2.61. The summed E-state index contributed by atoms with van der Waals surface area (Å²) in [7, 11) is 0. The van der Waals surface area contributed by atoms with E-state index in [2.05, 4.69) is 10.3 Å². The van der Waals surface area contributed by atoms with Crippen molar-refractivity contribution in [1.82, 2.24) is 10.3 Å². The minimum atomic E-state index is -0.0937. The number of rotatable bonds is 4. The van der Waals surface area contributed by atoms with Gasteiger partial charge in [-0.3, -0.25) is 9.78 Å². The lowest BCUT2D eigenvalue weighted by molar-refractivity contribution is 0.0939. The molecule has 1 heterocycles. The van der Waals surface area contributed by atoms with Crippen molar-refractivity contribution in [2.24, 2.45) is 0 Å². The van der Waals surface area contributed by atoms with Crippen molar-refractivity contribution >= 4 is 17.5 Å². The van der Waals surface area contributed by atoms with Gasteiger partial charge < -0.3 is 5.32 Å². The fourth-order valence-electron chi connectivity index (χ4n) is 1.22. The molecule has 1 amide bonds. The van der Waals surface area contributed by atoms with Crippen LogP contribution in [-0.2, 0) is 0 Å². The quantitative estimate of drug-likeness (QED) is 0.800. The molecular weight excluding hydrogens is 212 g/mol. The first-order valence-electron chi connectivity index (χ1n) is 4.92. The summed E-state index contributed by atoms with van der Waals surface area (Å²) in [5.74, 6) is 0.455. The standard InChI is InChI=1S/C11H15ClN2O/c1-8-5-10(7-13-6-8)11(15)14-9(2)3-4-12/h5-7,9H,3-4H2,1-2H3,(H,14,15). The van der Waals surface area contributed by atoms with E-state index in [1.165, 1.54) is 0 Å². The molecule has 3 nitrogen and oxygen atoms in total. The second-order valence-electron chi connectivity index (χ2n) is 3.60. The molecule has 1 atom stereocenters. The fraction of sp³-hybridized carbons (Fsp3) is 0.455. The van der Waals surface area contributed by atoms with Crippen LogP contribution < -0.4 is 5.32 Å². The lowest BCUT2D eigenvalue weighted by Crippen LogP contribution is -2.32. The Morgan fingerprint density at radius 2 is 2.33 bits per heavy atom. The molecule has 0 saturated carbocycles. The molecule has 1 unspecified atom stereocenters. The van der Waals surface area contributed by atoms with Crippen LogP contribution in [0.25, 0.3) is 0 Å². The number of carbonyl (C=O) groups is 1. The third-order valence-electron chi connectivity index (χ3n) is 2.06. The SMILES string of the molecule is Cc1cncc(C(=O)NC(C)CCCl)c1. The van der Waals surface area contributed by atoms with Crippen LogP contribution in [0.15, 0.2) is 18.5 Å². The second-order valence-corrected chi connectivity index (χ2v) is 3.98. The monoisotopic (exact) mass is 226 g/mol. The number of carbonyl (C=O) groups excluding carboxylic acids is 1. The van der Waals surface area contributed by atoms with E-state index in [0.717, 1.165) is 12.0 Å². The van der Waals surface area contributed by atoms with Gasteiger partial charge in [-0.05, 0) is 31.9 Å². The summed E-state index contributed by atoms with van der Waals surface area (Å²) in [5.41, 5.74) is 1.57. The Labute approximate surface area is 94.9 Å². The highest BCUT2D eigenvalue weighted by Gasteiger charge is 2.09. The average Bonchev–Trinajstić information content (AvgIpc) is 2.18. The zero-order valence-corrected chi connectivity index (χ0v) is 9.71. The first-order chi connectivity index (χ1) is 7.13. The Hall–Kier alpha value is -1.09. The largest absolute Gasteiger partial charge is 0.349 e. The molecule has 0 aliphatic heterocycles. The molecule has 1 N–H and O–H groups in total. The van der Waals surface area contributed by atoms with Gasteiger partial charge in [0.25, 0.3) is 5.91 Å². The third kappa shape index (κ3) is 3.88. The van der Waals surface area contributed by atoms with Crippen molar-refractivity contribution in [2.75, 3.05) is 5.88 Å². The molecule has 0 fully saturated rings. The first kappa shape index (κ1) is 12.0. The van der Waals surface area contributed by atoms with E-state index in [9.17, 15) is 4.79 Å². The Kier molecular flexibility index (Phi) is 4.56. The van der Waals surface area contributed by atoms with E-state index in [0.29, 0.717) is 11.4 Å². The molecule has 1 rings (SSSR count). The summed E-state index contributed by atoms with van der Waals surface area (Å²) in [4.78, 5) is 15.7. The van der Waals surface area contributed by atoms with Crippen LogP contribution in [0.3, 0.4) is 0 Å². The summed E-state index contributed by atoms with van der Waals surface area (Å²) in [6.07, 6.45) is 4.06. The third-order valence-corrected chi connectivity index (χ3v) is 2.27. The Bertz CT molecular complexity index is 341. The van der Waals surface area contributed by atoms with Crippen LogP contribution in [0, 0.1) is 6.92 Å². The molecule has 1 aromatic heterocycles. The van der Waals surface area contributed by atoms with Crippen LogP contribution in [0.4, 0.5) is 0 Å². The van der Waals surface area contributed by atoms with Gasteiger partial charge in [0.05, 0.1) is 5.56 Å². The van der Waals surface area contributed by atoms with Gasteiger partial charge in [0, 0.05) is 24.3 Å². The van der Waals surface area contributed by atoms with Gasteiger partial charge in [-0.1, -0.05) is 0 Å². The van der Waals surface area contributed by atoms with Gasteiger partial charge in [0.1, 0.15) is 0 Å². The van der Waals surface area contributed by atoms with Crippen molar-refractivity contribution in [1.29, 1.82) is 0 Å². The van der Waals surface area contributed by atoms with Crippen molar-refractivity contribution in [2.45, 2.75) is 26.3 Å². The number of nitrogens with one attached hydrogen (secondary N) is 1.